The Bertz CT molecular complexity index is 962. The highest BCUT2D eigenvalue weighted by molar-refractivity contribution is 5.99. The molecule has 1 aromatic carbocycles. The van der Waals surface area contributed by atoms with Crippen LogP contribution in [-0.2, 0) is 20.7 Å². The van der Waals surface area contributed by atoms with Gasteiger partial charge in [0.05, 0.1) is 18.2 Å². The number of rotatable bonds is 6. The summed E-state index contributed by atoms with van der Waals surface area (Å²) < 4.78 is 10.4. The first-order valence-electron chi connectivity index (χ1n) is 10.3. The van der Waals surface area contributed by atoms with Gasteiger partial charge < -0.3 is 19.8 Å². The van der Waals surface area contributed by atoms with Gasteiger partial charge >= 0.3 is 11.9 Å². The van der Waals surface area contributed by atoms with Crippen molar-refractivity contribution >= 4 is 17.8 Å². The number of aromatic nitrogens is 1. The van der Waals surface area contributed by atoms with Crippen LogP contribution in [0, 0.1) is 13.8 Å². The van der Waals surface area contributed by atoms with E-state index in [0.717, 1.165) is 24.8 Å². The zero-order valence-electron chi connectivity index (χ0n) is 17.8. The summed E-state index contributed by atoms with van der Waals surface area (Å²) in [6, 6.07) is 7.98. The maximum atomic E-state index is 12.7. The van der Waals surface area contributed by atoms with Gasteiger partial charge in [0.2, 0.25) is 0 Å². The van der Waals surface area contributed by atoms with Crippen molar-refractivity contribution < 1.29 is 23.9 Å². The second kappa shape index (κ2) is 9.15. The van der Waals surface area contributed by atoms with E-state index in [1.807, 2.05) is 18.2 Å². The molecule has 0 saturated heterocycles. The molecule has 0 spiro atoms. The molecule has 0 aliphatic heterocycles. The Morgan fingerprint density at radius 3 is 2.67 bits per heavy atom. The van der Waals surface area contributed by atoms with Crippen LogP contribution in [0.5, 0.6) is 0 Å². The fraction of sp³-hybridized carbons (Fsp3) is 0.435. The lowest BCUT2D eigenvalue weighted by Gasteiger charge is -2.27. The molecule has 3 rings (SSSR count). The first kappa shape index (κ1) is 21.6. The minimum Gasteiger partial charge on any atom is -0.461 e. The fourth-order valence-electron chi connectivity index (χ4n) is 3.93. The van der Waals surface area contributed by atoms with E-state index >= 15 is 0 Å². The molecular weight excluding hydrogens is 384 g/mol. The number of hydrogen-bond donors (Lipinski definition) is 2. The van der Waals surface area contributed by atoms with Crippen LogP contribution < -0.4 is 5.32 Å². The van der Waals surface area contributed by atoms with E-state index in [4.69, 9.17) is 9.47 Å². The van der Waals surface area contributed by atoms with E-state index in [2.05, 4.69) is 16.4 Å². The Hall–Kier alpha value is -3.09. The van der Waals surface area contributed by atoms with Crippen LogP contribution in [0.25, 0.3) is 0 Å². The maximum Gasteiger partial charge on any atom is 0.355 e. The number of ether oxygens (including phenoxy) is 2. The molecule has 0 saturated carbocycles. The number of carbonyl (C=O) groups excluding carboxylic acids is 3. The molecule has 0 bridgehead atoms. The molecule has 1 heterocycles. The molecule has 1 aliphatic rings. The fourth-order valence-corrected chi connectivity index (χ4v) is 3.93. The van der Waals surface area contributed by atoms with E-state index in [1.54, 1.807) is 27.7 Å². The molecule has 1 aliphatic carbocycles. The van der Waals surface area contributed by atoms with Gasteiger partial charge in [0.15, 0.2) is 6.10 Å². The maximum absolute atomic E-state index is 12.7. The van der Waals surface area contributed by atoms with Gasteiger partial charge in [-0.15, -0.1) is 0 Å². The quantitative estimate of drug-likeness (QED) is 0.707. The zero-order chi connectivity index (χ0) is 21.8. The number of fused-ring (bicyclic) bond motifs is 1. The second-order valence-electron chi connectivity index (χ2n) is 7.55. The molecular formula is C23H28N2O5. The molecule has 0 radical (unpaired) electrons. The van der Waals surface area contributed by atoms with Crippen LogP contribution in [0.1, 0.15) is 76.0 Å². The standard InChI is InChI=1S/C23H28N2O5/c1-5-29-23(28)20-13(2)19(14(3)24-20)22(27)30-15(4)21(26)25-18-12-8-10-16-9-6-7-11-17(16)18/h6-7,9,11,15,18,24H,5,8,10,12H2,1-4H3,(H,25,26)/t15-,18-/m1/s1. The average Bonchev–Trinajstić information content (AvgIpc) is 3.02. The molecule has 7 heteroatoms. The van der Waals surface area contributed by atoms with Gasteiger partial charge in [-0.1, -0.05) is 24.3 Å². The molecule has 1 amide bonds. The third kappa shape index (κ3) is 4.40. The number of H-pyrrole nitrogens is 1. The largest absolute Gasteiger partial charge is 0.461 e. The summed E-state index contributed by atoms with van der Waals surface area (Å²) in [5, 5.41) is 3.00. The summed E-state index contributed by atoms with van der Waals surface area (Å²) in [7, 11) is 0. The van der Waals surface area contributed by atoms with Gasteiger partial charge in [-0.25, -0.2) is 9.59 Å². The molecule has 1 aromatic heterocycles. The number of nitrogens with one attached hydrogen (secondary N) is 2. The monoisotopic (exact) mass is 412 g/mol. The summed E-state index contributed by atoms with van der Waals surface area (Å²) in [4.78, 5) is 40.3. The third-order valence-corrected chi connectivity index (χ3v) is 5.46. The minimum absolute atomic E-state index is 0.0882. The second-order valence-corrected chi connectivity index (χ2v) is 7.55. The number of aromatic amines is 1. The van der Waals surface area contributed by atoms with Crippen molar-refractivity contribution in [2.45, 2.75) is 59.1 Å². The van der Waals surface area contributed by atoms with Crippen molar-refractivity contribution in [3.63, 3.8) is 0 Å². The Labute approximate surface area is 176 Å². The number of esters is 2. The number of amides is 1. The summed E-state index contributed by atoms with van der Waals surface area (Å²) in [5.41, 5.74) is 3.77. The molecule has 30 heavy (non-hydrogen) atoms. The SMILES string of the molecule is CCOC(=O)c1[nH]c(C)c(C(=O)O[C@H](C)C(=O)N[C@@H]2CCCc3ccccc32)c1C. The van der Waals surface area contributed by atoms with Crippen LogP contribution in [0.4, 0.5) is 0 Å². The lowest BCUT2D eigenvalue weighted by molar-refractivity contribution is -0.130. The van der Waals surface area contributed by atoms with Crippen molar-refractivity contribution in [3.05, 3.63) is 57.9 Å². The molecule has 0 unspecified atom stereocenters. The van der Waals surface area contributed by atoms with Gasteiger partial charge in [0, 0.05) is 5.69 Å². The summed E-state index contributed by atoms with van der Waals surface area (Å²) in [6.45, 7) is 6.82. The van der Waals surface area contributed by atoms with Crippen LogP contribution in [0.3, 0.4) is 0 Å². The highest BCUT2D eigenvalue weighted by Gasteiger charge is 2.28. The predicted molar refractivity (Wildman–Crippen MR) is 111 cm³/mol. The van der Waals surface area contributed by atoms with Gasteiger partial charge in [-0.05, 0) is 63.6 Å². The smallest absolute Gasteiger partial charge is 0.355 e. The normalized spacial score (nSPS) is 16.3. The highest BCUT2D eigenvalue weighted by atomic mass is 16.5. The predicted octanol–water partition coefficient (Wildman–Crippen LogP) is 3.55. The van der Waals surface area contributed by atoms with Crippen LogP contribution in [0.2, 0.25) is 0 Å². The average molecular weight is 412 g/mol. The molecule has 2 atom stereocenters. The van der Waals surface area contributed by atoms with Crippen molar-refractivity contribution in [3.8, 4) is 0 Å². The van der Waals surface area contributed by atoms with Gasteiger partial charge in [0.1, 0.15) is 5.69 Å². The van der Waals surface area contributed by atoms with Crippen molar-refractivity contribution in [1.29, 1.82) is 0 Å². The van der Waals surface area contributed by atoms with Crippen molar-refractivity contribution in [2.24, 2.45) is 0 Å². The Balaban J connectivity index is 1.68. The molecule has 160 valence electrons. The Morgan fingerprint density at radius 1 is 1.20 bits per heavy atom. The van der Waals surface area contributed by atoms with Gasteiger partial charge in [-0.2, -0.15) is 0 Å². The summed E-state index contributed by atoms with van der Waals surface area (Å²) in [6.07, 6.45) is 1.88. The Morgan fingerprint density at radius 2 is 1.93 bits per heavy atom. The first-order chi connectivity index (χ1) is 14.3. The molecule has 2 aromatic rings. The van der Waals surface area contributed by atoms with Crippen molar-refractivity contribution in [2.75, 3.05) is 6.61 Å². The lowest BCUT2D eigenvalue weighted by atomic mass is 9.87. The third-order valence-electron chi connectivity index (χ3n) is 5.46. The lowest BCUT2D eigenvalue weighted by Crippen LogP contribution is -2.39. The molecule has 0 fully saturated rings. The number of benzene rings is 1. The van der Waals surface area contributed by atoms with Crippen LogP contribution >= 0.6 is 0 Å². The van der Waals surface area contributed by atoms with Crippen LogP contribution in [-0.4, -0.2) is 35.5 Å². The van der Waals surface area contributed by atoms with Crippen LogP contribution in [0.15, 0.2) is 24.3 Å². The van der Waals surface area contributed by atoms with E-state index in [1.165, 1.54) is 5.56 Å². The number of aryl methyl sites for hydroxylation is 2. The number of carbonyl (C=O) groups is 3. The van der Waals surface area contributed by atoms with E-state index in [0.29, 0.717) is 11.3 Å². The van der Waals surface area contributed by atoms with E-state index in [-0.39, 0.29) is 29.8 Å². The van der Waals surface area contributed by atoms with Crippen molar-refractivity contribution in [1.82, 2.24) is 10.3 Å². The number of hydrogen-bond acceptors (Lipinski definition) is 5. The van der Waals surface area contributed by atoms with Gasteiger partial charge in [-0.3, -0.25) is 4.79 Å². The van der Waals surface area contributed by atoms with E-state index < -0.39 is 18.0 Å². The van der Waals surface area contributed by atoms with E-state index in [9.17, 15) is 14.4 Å². The summed E-state index contributed by atoms with van der Waals surface area (Å²) >= 11 is 0. The first-order valence-corrected chi connectivity index (χ1v) is 10.3. The minimum atomic E-state index is -0.966. The molecule has 2 N–H and O–H groups in total. The highest BCUT2D eigenvalue weighted by Crippen LogP contribution is 2.29. The zero-order valence-corrected chi connectivity index (χ0v) is 17.8. The Kier molecular flexibility index (Phi) is 6.59. The topological polar surface area (TPSA) is 97.5 Å². The molecule has 7 nitrogen and oxygen atoms in total. The summed E-state index contributed by atoms with van der Waals surface area (Å²) in [5.74, 6) is -1.52. The van der Waals surface area contributed by atoms with Gasteiger partial charge in [0.25, 0.3) is 5.91 Å².